The number of alkyl halides is 20. The summed E-state index contributed by atoms with van der Waals surface area (Å²) in [5.41, 5.74) is 0. The van der Waals surface area contributed by atoms with Crippen LogP contribution in [0.25, 0.3) is 0 Å². The van der Waals surface area contributed by atoms with Crippen LogP contribution in [0.1, 0.15) is 0 Å². The van der Waals surface area contributed by atoms with Gasteiger partial charge in [0.2, 0.25) is 0 Å². The summed E-state index contributed by atoms with van der Waals surface area (Å²) in [4.78, 5) is 10.7. The number of hydrogen-bond acceptors (Lipinski definition) is 3. The SMILES string of the molecule is O=C(OCC(F)(F)C(F)F)OCC(F)(F)C(F)(F)C(F)(F)C(F)(F)C(F)(F)C(F)(F)C(F)(F)C(F)F. The molecule has 0 fully saturated rings. The van der Waals surface area contributed by atoms with Gasteiger partial charge < -0.3 is 9.47 Å². The number of ether oxygens (including phenoxy) is 2. The molecule has 36 heavy (non-hydrogen) atoms. The predicted molar refractivity (Wildman–Crippen MR) is 68.9 cm³/mol. The molecule has 0 aromatic heterocycles. The normalized spacial score (nSPS) is 15.5. The molecule has 0 aliphatic rings. The van der Waals surface area contributed by atoms with E-state index in [9.17, 15) is 92.6 Å². The van der Waals surface area contributed by atoms with E-state index in [1.54, 1.807) is 0 Å². The zero-order valence-electron chi connectivity index (χ0n) is 15.9. The third-order valence-electron chi connectivity index (χ3n) is 3.80. The maximum Gasteiger partial charge on any atom is 0.508 e. The lowest BCUT2D eigenvalue weighted by Gasteiger charge is -2.42. The van der Waals surface area contributed by atoms with E-state index in [0.29, 0.717) is 0 Å². The highest BCUT2D eigenvalue weighted by atomic mass is 19.4. The molecule has 0 radical (unpaired) electrons. The van der Waals surface area contributed by atoms with Crippen molar-refractivity contribution < 1.29 is 102 Å². The summed E-state index contributed by atoms with van der Waals surface area (Å²) in [7, 11) is 0. The molecule has 23 heteroatoms. The summed E-state index contributed by atoms with van der Waals surface area (Å²) in [6.45, 7) is -6.45. The fraction of sp³-hybridized carbons (Fsp3) is 0.923. The van der Waals surface area contributed by atoms with Crippen LogP contribution in [0.3, 0.4) is 0 Å². The molecule has 0 rings (SSSR count). The summed E-state index contributed by atoms with van der Waals surface area (Å²) < 4.78 is 263. The van der Waals surface area contributed by atoms with Crippen molar-refractivity contribution in [3.8, 4) is 0 Å². The third kappa shape index (κ3) is 5.28. The van der Waals surface area contributed by atoms with Crippen LogP contribution in [0.5, 0.6) is 0 Å². The highest BCUT2D eigenvalue weighted by molar-refractivity contribution is 5.60. The van der Waals surface area contributed by atoms with Crippen LogP contribution < -0.4 is 0 Å². The molecule has 0 spiro atoms. The largest absolute Gasteiger partial charge is 0.508 e. The highest BCUT2D eigenvalue weighted by Crippen LogP contribution is 2.62. The Bertz CT molecular complexity index is 775. The van der Waals surface area contributed by atoms with Crippen LogP contribution in [-0.4, -0.2) is 79.6 Å². The molecular formula is C13H6F20O3. The molecule has 0 atom stereocenters. The van der Waals surface area contributed by atoms with E-state index in [-0.39, 0.29) is 0 Å². The second-order valence-corrected chi connectivity index (χ2v) is 6.39. The van der Waals surface area contributed by atoms with E-state index >= 15 is 0 Å². The first-order chi connectivity index (χ1) is 15.5. The highest BCUT2D eigenvalue weighted by Gasteiger charge is 2.93. The lowest BCUT2D eigenvalue weighted by atomic mass is 9.89. The van der Waals surface area contributed by atoms with Gasteiger partial charge in [-0.1, -0.05) is 0 Å². The van der Waals surface area contributed by atoms with Crippen molar-refractivity contribution in [2.75, 3.05) is 13.2 Å². The van der Waals surface area contributed by atoms with E-state index in [4.69, 9.17) is 0 Å². The molecule has 0 bridgehead atoms. The fourth-order valence-corrected chi connectivity index (χ4v) is 1.67. The summed E-state index contributed by atoms with van der Waals surface area (Å²) in [5, 5.41) is 0. The quantitative estimate of drug-likeness (QED) is 0.187. The summed E-state index contributed by atoms with van der Waals surface area (Å²) >= 11 is 0. The fourth-order valence-electron chi connectivity index (χ4n) is 1.67. The molecule has 0 aromatic carbocycles. The average Bonchev–Trinajstić information content (AvgIpc) is 2.69. The van der Waals surface area contributed by atoms with Crippen LogP contribution in [0.4, 0.5) is 92.6 Å². The number of carbonyl (C=O) groups is 1. The van der Waals surface area contributed by atoms with Crippen molar-refractivity contribution in [3.63, 3.8) is 0 Å². The first-order valence-electron chi connectivity index (χ1n) is 7.87. The Labute approximate surface area is 183 Å². The molecule has 0 amide bonds. The van der Waals surface area contributed by atoms with Gasteiger partial charge in [0.05, 0.1) is 0 Å². The van der Waals surface area contributed by atoms with E-state index in [2.05, 4.69) is 9.47 Å². The summed E-state index contributed by atoms with van der Waals surface area (Å²) in [6.07, 6.45) is -13.7. The van der Waals surface area contributed by atoms with Gasteiger partial charge in [0.1, 0.15) is 0 Å². The van der Waals surface area contributed by atoms with Gasteiger partial charge in [0, 0.05) is 0 Å². The summed E-state index contributed by atoms with van der Waals surface area (Å²) in [6, 6.07) is 0. The minimum atomic E-state index is -8.69. The van der Waals surface area contributed by atoms with Gasteiger partial charge in [-0.2, -0.15) is 70.2 Å². The van der Waals surface area contributed by atoms with Crippen LogP contribution in [0.2, 0.25) is 0 Å². The van der Waals surface area contributed by atoms with Crippen molar-refractivity contribution in [1.82, 2.24) is 0 Å². The molecule has 0 saturated heterocycles. The van der Waals surface area contributed by atoms with Gasteiger partial charge >= 0.3 is 66.4 Å². The molecule has 0 aliphatic heterocycles. The Morgan fingerprint density at radius 1 is 0.500 bits per heavy atom. The Morgan fingerprint density at radius 3 is 1.19 bits per heavy atom. The standard InChI is InChI=1S/C13H6F20O3/c14-3(15)6(18,19)1-35-5(34)36-2-7(20,21)9(24,25)11(28,29)13(32,33)12(30,31)10(26,27)8(22,23)4(16)17/h3-4H,1-2H2. The average molecular weight is 590 g/mol. The first-order valence-corrected chi connectivity index (χ1v) is 7.87. The second-order valence-electron chi connectivity index (χ2n) is 6.39. The van der Waals surface area contributed by atoms with Crippen molar-refractivity contribution in [2.24, 2.45) is 0 Å². The van der Waals surface area contributed by atoms with Crippen molar-refractivity contribution in [1.29, 1.82) is 0 Å². The van der Waals surface area contributed by atoms with Crippen LogP contribution in [0, 0.1) is 0 Å². The van der Waals surface area contributed by atoms with Crippen molar-refractivity contribution in [2.45, 2.75) is 60.2 Å². The maximum atomic E-state index is 13.4. The van der Waals surface area contributed by atoms with Crippen molar-refractivity contribution in [3.05, 3.63) is 0 Å². The molecule has 216 valence electrons. The van der Waals surface area contributed by atoms with E-state index in [0.717, 1.165) is 0 Å². The van der Waals surface area contributed by atoms with Gasteiger partial charge in [-0.15, -0.1) is 0 Å². The molecule has 0 saturated carbocycles. The number of rotatable bonds is 12. The van der Waals surface area contributed by atoms with Crippen molar-refractivity contribution >= 4 is 6.16 Å². The molecule has 0 heterocycles. The zero-order chi connectivity index (χ0) is 29.6. The smallest absolute Gasteiger partial charge is 0.428 e. The van der Waals surface area contributed by atoms with E-state index in [1.807, 2.05) is 0 Å². The molecule has 0 unspecified atom stereocenters. The topological polar surface area (TPSA) is 35.5 Å². The Kier molecular flexibility index (Phi) is 9.06. The Hall–Kier alpha value is -2.13. The number of carbonyl (C=O) groups excluding carboxylic acids is 1. The lowest BCUT2D eigenvalue weighted by molar-refractivity contribution is -0.447. The minimum absolute atomic E-state index is 2.74. The zero-order valence-corrected chi connectivity index (χ0v) is 15.9. The predicted octanol–water partition coefficient (Wildman–Crippen LogP) is 6.75. The molecule has 3 nitrogen and oxygen atoms in total. The summed E-state index contributed by atoms with van der Waals surface area (Å²) in [5.74, 6) is -62.2. The first kappa shape index (κ1) is 33.9. The van der Waals surface area contributed by atoms with Gasteiger partial charge in [0.15, 0.2) is 13.2 Å². The van der Waals surface area contributed by atoms with Gasteiger partial charge in [-0.3, -0.25) is 0 Å². The monoisotopic (exact) mass is 590 g/mol. The number of halogens is 20. The Morgan fingerprint density at radius 2 is 0.833 bits per heavy atom. The van der Waals surface area contributed by atoms with Gasteiger partial charge in [0.25, 0.3) is 0 Å². The van der Waals surface area contributed by atoms with Crippen LogP contribution in [0.15, 0.2) is 0 Å². The molecular weight excluding hydrogens is 584 g/mol. The Balaban J connectivity index is 6.06. The van der Waals surface area contributed by atoms with Crippen LogP contribution in [-0.2, 0) is 9.47 Å². The van der Waals surface area contributed by atoms with Crippen LogP contribution >= 0.6 is 0 Å². The lowest BCUT2D eigenvalue weighted by Crippen LogP contribution is -2.74. The van der Waals surface area contributed by atoms with Gasteiger partial charge in [-0.25, -0.2) is 22.4 Å². The second kappa shape index (κ2) is 9.63. The maximum absolute atomic E-state index is 13.4. The molecule has 0 aliphatic carbocycles. The molecule has 0 N–H and O–H groups in total. The van der Waals surface area contributed by atoms with Gasteiger partial charge in [-0.05, 0) is 0 Å². The third-order valence-corrected chi connectivity index (χ3v) is 3.80. The molecule has 0 aromatic rings. The van der Waals surface area contributed by atoms with E-state index in [1.165, 1.54) is 0 Å². The minimum Gasteiger partial charge on any atom is -0.428 e. The van der Waals surface area contributed by atoms with E-state index < -0.39 is 79.6 Å². The number of hydrogen-bond donors (Lipinski definition) is 0.